The summed E-state index contributed by atoms with van der Waals surface area (Å²) < 4.78 is 10.3. The minimum absolute atomic E-state index is 0.0243. The molecule has 0 saturated carbocycles. The summed E-state index contributed by atoms with van der Waals surface area (Å²) in [6, 6.07) is 8.58. The van der Waals surface area contributed by atoms with Crippen LogP contribution in [0.5, 0.6) is 0 Å². The van der Waals surface area contributed by atoms with Gasteiger partial charge in [-0.2, -0.15) is 4.98 Å². The number of fused-ring (bicyclic) bond motifs is 1. The summed E-state index contributed by atoms with van der Waals surface area (Å²) in [4.78, 5) is 30.2. The third-order valence-electron chi connectivity index (χ3n) is 3.57. The molecule has 1 aromatic carbocycles. The molecule has 3 aromatic rings. The van der Waals surface area contributed by atoms with Gasteiger partial charge in [-0.15, -0.1) is 0 Å². The SMILES string of the molecule is CC(C)c1nc(CN(C)C(=O)c2cc3ccccc3oc2=O)no1. The summed E-state index contributed by atoms with van der Waals surface area (Å²) in [7, 11) is 1.57. The molecular formula is C17H17N3O4. The zero-order chi connectivity index (χ0) is 17.3. The van der Waals surface area contributed by atoms with Crippen molar-refractivity contribution in [3.8, 4) is 0 Å². The molecule has 0 saturated heterocycles. The molecule has 0 bridgehead atoms. The standard InChI is InChI=1S/C17H17N3O4/c1-10(2)15-18-14(19-24-15)9-20(3)16(21)12-8-11-6-4-5-7-13(11)23-17(12)22/h4-8,10H,9H2,1-3H3. The maximum absolute atomic E-state index is 12.5. The third kappa shape index (κ3) is 3.05. The number of rotatable bonds is 4. The van der Waals surface area contributed by atoms with Crippen molar-refractivity contribution in [1.29, 1.82) is 0 Å². The zero-order valence-electron chi connectivity index (χ0n) is 13.6. The van der Waals surface area contributed by atoms with Crippen molar-refractivity contribution in [2.75, 3.05) is 7.05 Å². The first-order chi connectivity index (χ1) is 11.5. The first-order valence-electron chi connectivity index (χ1n) is 7.56. The van der Waals surface area contributed by atoms with Crippen LogP contribution in [-0.4, -0.2) is 28.0 Å². The molecule has 2 aromatic heterocycles. The topological polar surface area (TPSA) is 89.4 Å². The van der Waals surface area contributed by atoms with E-state index in [1.807, 2.05) is 19.9 Å². The molecule has 0 aliphatic carbocycles. The van der Waals surface area contributed by atoms with E-state index < -0.39 is 11.5 Å². The molecule has 0 radical (unpaired) electrons. The molecule has 0 spiro atoms. The molecule has 124 valence electrons. The van der Waals surface area contributed by atoms with Gasteiger partial charge in [0.2, 0.25) is 5.89 Å². The van der Waals surface area contributed by atoms with Crippen LogP contribution in [0.3, 0.4) is 0 Å². The number of benzene rings is 1. The van der Waals surface area contributed by atoms with E-state index in [9.17, 15) is 9.59 Å². The Hall–Kier alpha value is -2.96. The molecule has 2 heterocycles. The van der Waals surface area contributed by atoms with Crippen LogP contribution in [-0.2, 0) is 6.54 Å². The smallest absolute Gasteiger partial charge is 0.349 e. The van der Waals surface area contributed by atoms with Crippen LogP contribution >= 0.6 is 0 Å². The van der Waals surface area contributed by atoms with Crippen molar-refractivity contribution < 1.29 is 13.7 Å². The highest BCUT2D eigenvalue weighted by Gasteiger charge is 2.20. The van der Waals surface area contributed by atoms with Crippen molar-refractivity contribution >= 4 is 16.9 Å². The Balaban J connectivity index is 1.85. The Morgan fingerprint density at radius 3 is 2.75 bits per heavy atom. The molecule has 24 heavy (non-hydrogen) atoms. The molecule has 0 aliphatic heterocycles. The van der Waals surface area contributed by atoms with Gasteiger partial charge in [0.15, 0.2) is 5.82 Å². The summed E-state index contributed by atoms with van der Waals surface area (Å²) in [5.41, 5.74) is -0.244. The number of carbonyl (C=O) groups excluding carboxylic acids is 1. The molecule has 3 rings (SSSR count). The lowest BCUT2D eigenvalue weighted by Crippen LogP contribution is -2.30. The highest BCUT2D eigenvalue weighted by atomic mass is 16.5. The second kappa shape index (κ2) is 6.27. The molecule has 7 nitrogen and oxygen atoms in total. The van der Waals surface area contributed by atoms with E-state index >= 15 is 0 Å². The number of amides is 1. The van der Waals surface area contributed by atoms with E-state index in [0.717, 1.165) is 0 Å². The Kier molecular flexibility index (Phi) is 4.16. The van der Waals surface area contributed by atoms with E-state index in [-0.39, 0.29) is 18.0 Å². The summed E-state index contributed by atoms with van der Waals surface area (Å²) in [6.45, 7) is 4.01. The largest absolute Gasteiger partial charge is 0.422 e. The second-order valence-electron chi connectivity index (χ2n) is 5.85. The summed E-state index contributed by atoms with van der Waals surface area (Å²) in [6.07, 6.45) is 0. The van der Waals surface area contributed by atoms with Crippen LogP contribution in [0, 0.1) is 0 Å². The van der Waals surface area contributed by atoms with Crippen LogP contribution in [0.25, 0.3) is 11.0 Å². The molecule has 7 heteroatoms. The lowest BCUT2D eigenvalue weighted by molar-refractivity contribution is 0.0776. The minimum Gasteiger partial charge on any atom is -0.422 e. The van der Waals surface area contributed by atoms with Crippen LogP contribution in [0.2, 0.25) is 0 Å². The van der Waals surface area contributed by atoms with E-state index in [4.69, 9.17) is 8.94 Å². The van der Waals surface area contributed by atoms with Gasteiger partial charge in [0, 0.05) is 18.4 Å². The van der Waals surface area contributed by atoms with Gasteiger partial charge in [0.25, 0.3) is 5.91 Å². The first kappa shape index (κ1) is 15.9. The highest BCUT2D eigenvalue weighted by Crippen LogP contribution is 2.15. The second-order valence-corrected chi connectivity index (χ2v) is 5.85. The summed E-state index contributed by atoms with van der Waals surface area (Å²) >= 11 is 0. The van der Waals surface area contributed by atoms with Crippen molar-refractivity contribution in [3.05, 3.63) is 58.0 Å². The Bertz CT molecular complexity index is 942. The predicted octanol–water partition coefficient (Wildman–Crippen LogP) is 2.57. The average Bonchev–Trinajstić information content (AvgIpc) is 3.02. The fourth-order valence-corrected chi connectivity index (χ4v) is 2.27. The van der Waals surface area contributed by atoms with Crippen LogP contribution in [0.4, 0.5) is 0 Å². The zero-order valence-corrected chi connectivity index (χ0v) is 13.6. The van der Waals surface area contributed by atoms with E-state index in [1.165, 1.54) is 11.0 Å². The van der Waals surface area contributed by atoms with Gasteiger partial charge in [0.1, 0.15) is 11.1 Å². The number of nitrogens with zero attached hydrogens (tertiary/aromatic N) is 3. The molecule has 0 fully saturated rings. The number of hydrogen-bond acceptors (Lipinski definition) is 6. The monoisotopic (exact) mass is 327 g/mol. The van der Waals surface area contributed by atoms with Crippen LogP contribution in [0.15, 0.2) is 44.1 Å². The van der Waals surface area contributed by atoms with Crippen molar-refractivity contribution in [2.24, 2.45) is 0 Å². The number of hydrogen-bond donors (Lipinski definition) is 0. The Labute approximate surface area is 137 Å². The molecule has 1 amide bonds. The van der Waals surface area contributed by atoms with E-state index in [0.29, 0.717) is 22.7 Å². The van der Waals surface area contributed by atoms with E-state index in [2.05, 4.69) is 10.1 Å². The molecule has 0 unspecified atom stereocenters. The molecule has 0 atom stereocenters. The van der Waals surface area contributed by atoms with Gasteiger partial charge >= 0.3 is 5.63 Å². The molecule has 0 N–H and O–H groups in total. The van der Waals surface area contributed by atoms with Crippen LogP contribution < -0.4 is 5.63 Å². The molecular weight excluding hydrogens is 310 g/mol. The fraction of sp³-hybridized carbons (Fsp3) is 0.294. The summed E-state index contributed by atoms with van der Waals surface area (Å²) in [5, 5.41) is 4.53. The minimum atomic E-state index is -0.665. The van der Waals surface area contributed by atoms with Gasteiger partial charge in [-0.05, 0) is 12.1 Å². The van der Waals surface area contributed by atoms with Gasteiger partial charge < -0.3 is 13.8 Å². The third-order valence-corrected chi connectivity index (χ3v) is 3.57. The van der Waals surface area contributed by atoms with Gasteiger partial charge in [-0.1, -0.05) is 37.2 Å². The quantitative estimate of drug-likeness (QED) is 0.684. The Morgan fingerprint density at radius 1 is 1.29 bits per heavy atom. The average molecular weight is 327 g/mol. The number of aromatic nitrogens is 2. The van der Waals surface area contributed by atoms with Gasteiger partial charge in [-0.25, -0.2) is 4.79 Å². The fourth-order valence-electron chi connectivity index (χ4n) is 2.27. The predicted molar refractivity (Wildman–Crippen MR) is 86.7 cm³/mol. The van der Waals surface area contributed by atoms with E-state index in [1.54, 1.807) is 25.2 Å². The Morgan fingerprint density at radius 2 is 2.04 bits per heavy atom. The number of para-hydroxylation sites is 1. The summed E-state index contributed by atoms with van der Waals surface area (Å²) in [5.74, 6) is 0.556. The van der Waals surface area contributed by atoms with Crippen molar-refractivity contribution in [2.45, 2.75) is 26.3 Å². The van der Waals surface area contributed by atoms with Gasteiger partial charge in [0.05, 0.1) is 6.54 Å². The van der Waals surface area contributed by atoms with Crippen molar-refractivity contribution in [1.82, 2.24) is 15.0 Å². The maximum Gasteiger partial charge on any atom is 0.349 e. The highest BCUT2D eigenvalue weighted by molar-refractivity contribution is 5.96. The molecule has 0 aliphatic rings. The maximum atomic E-state index is 12.5. The lowest BCUT2D eigenvalue weighted by Gasteiger charge is -2.14. The van der Waals surface area contributed by atoms with Crippen LogP contribution in [0.1, 0.15) is 41.8 Å². The van der Waals surface area contributed by atoms with Gasteiger partial charge in [-0.3, -0.25) is 4.79 Å². The first-order valence-corrected chi connectivity index (χ1v) is 7.56. The number of carbonyl (C=O) groups is 1. The normalized spacial score (nSPS) is 11.2. The lowest BCUT2D eigenvalue weighted by atomic mass is 10.1. The van der Waals surface area contributed by atoms with Crippen molar-refractivity contribution in [3.63, 3.8) is 0 Å².